The number of benzene rings is 1. The van der Waals surface area contributed by atoms with Crippen molar-refractivity contribution in [1.29, 1.82) is 0 Å². The van der Waals surface area contributed by atoms with Gasteiger partial charge in [-0.2, -0.15) is 0 Å². The second-order valence-corrected chi connectivity index (χ2v) is 5.73. The molecule has 2 aliphatic rings. The van der Waals surface area contributed by atoms with Gasteiger partial charge in [-0.3, -0.25) is 0 Å². The zero-order valence-electron chi connectivity index (χ0n) is 11.7. The van der Waals surface area contributed by atoms with Crippen molar-refractivity contribution in [2.45, 2.75) is 38.0 Å². The largest absolute Gasteiger partial charge is 0.497 e. The van der Waals surface area contributed by atoms with Gasteiger partial charge >= 0.3 is 0 Å². The van der Waals surface area contributed by atoms with Gasteiger partial charge < -0.3 is 10.1 Å². The van der Waals surface area contributed by atoms with Gasteiger partial charge in [0.05, 0.1) is 7.11 Å². The fourth-order valence-electron chi connectivity index (χ4n) is 3.57. The van der Waals surface area contributed by atoms with Crippen LogP contribution < -0.4 is 10.1 Å². The zero-order chi connectivity index (χ0) is 12.4. The Hall–Kier alpha value is -0.730. The molecule has 1 saturated heterocycles. The highest BCUT2D eigenvalue weighted by atomic mass is 35.5. The maximum Gasteiger partial charge on any atom is 0.119 e. The summed E-state index contributed by atoms with van der Waals surface area (Å²) in [5, 5.41) is 3.46. The molecule has 0 amide bonds. The first-order chi connectivity index (χ1) is 8.86. The van der Waals surface area contributed by atoms with Crippen LogP contribution in [0.2, 0.25) is 0 Å². The molecule has 3 heteroatoms. The van der Waals surface area contributed by atoms with Gasteiger partial charge in [-0.05, 0) is 80.3 Å². The summed E-state index contributed by atoms with van der Waals surface area (Å²) in [6.07, 6.45) is 6.69. The zero-order valence-corrected chi connectivity index (χ0v) is 12.5. The van der Waals surface area contributed by atoms with Crippen LogP contribution in [-0.2, 0) is 6.42 Å². The van der Waals surface area contributed by atoms with Crippen LogP contribution in [0.3, 0.4) is 0 Å². The fourth-order valence-corrected chi connectivity index (χ4v) is 3.57. The van der Waals surface area contributed by atoms with Crippen molar-refractivity contribution in [3.63, 3.8) is 0 Å². The van der Waals surface area contributed by atoms with E-state index in [-0.39, 0.29) is 12.4 Å². The number of fused-ring (bicyclic) bond motifs is 1. The molecule has 1 atom stereocenters. The molecular formula is C16H24ClNO. The highest BCUT2D eigenvalue weighted by molar-refractivity contribution is 5.85. The Balaban J connectivity index is 0.00000133. The molecule has 1 aromatic carbocycles. The van der Waals surface area contributed by atoms with E-state index in [2.05, 4.69) is 23.5 Å². The van der Waals surface area contributed by atoms with Crippen LogP contribution in [0, 0.1) is 5.92 Å². The molecule has 1 unspecified atom stereocenters. The predicted octanol–water partition coefficient (Wildman–Crippen LogP) is 3.54. The van der Waals surface area contributed by atoms with E-state index in [1.165, 1.54) is 50.8 Å². The van der Waals surface area contributed by atoms with Crippen LogP contribution in [0.25, 0.3) is 0 Å². The van der Waals surface area contributed by atoms with E-state index in [0.29, 0.717) is 0 Å². The predicted molar refractivity (Wildman–Crippen MR) is 81.5 cm³/mol. The van der Waals surface area contributed by atoms with Crippen LogP contribution >= 0.6 is 12.4 Å². The van der Waals surface area contributed by atoms with Gasteiger partial charge in [0.15, 0.2) is 0 Å². The monoisotopic (exact) mass is 281 g/mol. The number of hydrogen-bond donors (Lipinski definition) is 1. The van der Waals surface area contributed by atoms with Gasteiger partial charge in [0, 0.05) is 0 Å². The van der Waals surface area contributed by atoms with E-state index in [4.69, 9.17) is 4.74 Å². The summed E-state index contributed by atoms with van der Waals surface area (Å²) in [5.41, 5.74) is 3.11. The average molecular weight is 282 g/mol. The number of methoxy groups -OCH3 is 1. The number of ether oxygens (including phenoxy) is 1. The van der Waals surface area contributed by atoms with Crippen molar-refractivity contribution in [2.75, 3.05) is 20.2 Å². The van der Waals surface area contributed by atoms with Gasteiger partial charge in [0.1, 0.15) is 5.75 Å². The summed E-state index contributed by atoms with van der Waals surface area (Å²) in [6, 6.07) is 6.66. The smallest absolute Gasteiger partial charge is 0.119 e. The SMILES string of the molecule is COc1ccc2c(c1)CCC2CC1CCNCC1.Cl. The van der Waals surface area contributed by atoms with Gasteiger partial charge in [-0.1, -0.05) is 6.07 Å². The maximum absolute atomic E-state index is 5.32. The first kappa shape index (κ1) is 14.7. The first-order valence-electron chi connectivity index (χ1n) is 7.24. The lowest BCUT2D eigenvalue weighted by atomic mass is 9.85. The molecule has 0 bridgehead atoms. The minimum absolute atomic E-state index is 0. The lowest BCUT2D eigenvalue weighted by Gasteiger charge is -2.25. The summed E-state index contributed by atoms with van der Waals surface area (Å²) in [4.78, 5) is 0. The Morgan fingerprint density at radius 3 is 2.74 bits per heavy atom. The molecule has 1 fully saturated rings. The number of piperidine rings is 1. The molecule has 19 heavy (non-hydrogen) atoms. The van der Waals surface area contributed by atoms with Crippen LogP contribution in [0.1, 0.15) is 42.7 Å². The first-order valence-corrected chi connectivity index (χ1v) is 7.24. The third-order valence-electron chi connectivity index (χ3n) is 4.63. The molecule has 2 nitrogen and oxygen atoms in total. The van der Waals surface area contributed by atoms with Crippen molar-refractivity contribution in [3.8, 4) is 5.75 Å². The Morgan fingerprint density at radius 2 is 2.00 bits per heavy atom. The quantitative estimate of drug-likeness (QED) is 0.915. The minimum Gasteiger partial charge on any atom is -0.497 e. The summed E-state index contributed by atoms with van der Waals surface area (Å²) >= 11 is 0. The Morgan fingerprint density at radius 1 is 1.21 bits per heavy atom. The summed E-state index contributed by atoms with van der Waals surface area (Å²) in [5.74, 6) is 2.74. The van der Waals surface area contributed by atoms with Crippen molar-refractivity contribution < 1.29 is 4.74 Å². The minimum atomic E-state index is 0. The van der Waals surface area contributed by atoms with E-state index in [0.717, 1.165) is 17.6 Å². The lowest BCUT2D eigenvalue weighted by Crippen LogP contribution is -2.28. The fraction of sp³-hybridized carbons (Fsp3) is 0.625. The average Bonchev–Trinajstić information content (AvgIpc) is 2.82. The van der Waals surface area contributed by atoms with E-state index < -0.39 is 0 Å². The van der Waals surface area contributed by atoms with Crippen molar-refractivity contribution >= 4 is 12.4 Å². The molecular weight excluding hydrogens is 258 g/mol. The van der Waals surface area contributed by atoms with Gasteiger partial charge in [0.25, 0.3) is 0 Å². The maximum atomic E-state index is 5.32. The van der Waals surface area contributed by atoms with Gasteiger partial charge in [0.2, 0.25) is 0 Å². The summed E-state index contributed by atoms with van der Waals surface area (Å²) in [6.45, 7) is 2.43. The number of hydrogen-bond acceptors (Lipinski definition) is 2. The number of rotatable bonds is 3. The highest BCUT2D eigenvalue weighted by Gasteiger charge is 2.26. The Kier molecular flexibility index (Phi) is 5.12. The summed E-state index contributed by atoms with van der Waals surface area (Å²) < 4.78 is 5.32. The molecule has 1 aliphatic carbocycles. The van der Waals surface area contributed by atoms with Crippen LogP contribution in [0.5, 0.6) is 5.75 Å². The van der Waals surface area contributed by atoms with Crippen molar-refractivity contribution in [3.05, 3.63) is 29.3 Å². The molecule has 1 aromatic rings. The van der Waals surface area contributed by atoms with Crippen LogP contribution in [0.4, 0.5) is 0 Å². The van der Waals surface area contributed by atoms with Crippen molar-refractivity contribution in [1.82, 2.24) is 5.32 Å². The van der Waals surface area contributed by atoms with Crippen LogP contribution in [-0.4, -0.2) is 20.2 Å². The number of aryl methyl sites for hydroxylation is 1. The molecule has 0 aromatic heterocycles. The standard InChI is InChI=1S/C16H23NO.ClH/c1-18-15-4-5-16-13(2-3-14(16)11-15)10-12-6-8-17-9-7-12;/h4-5,11-13,17H,2-3,6-10H2,1H3;1H. The second-order valence-electron chi connectivity index (χ2n) is 5.73. The molecule has 1 aliphatic heterocycles. The molecule has 3 rings (SSSR count). The lowest BCUT2D eigenvalue weighted by molar-refractivity contribution is 0.330. The van der Waals surface area contributed by atoms with E-state index >= 15 is 0 Å². The molecule has 1 N–H and O–H groups in total. The van der Waals surface area contributed by atoms with Gasteiger partial charge in [-0.15, -0.1) is 12.4 Å². The molecule has 1 heterocycles. The Bertz CT molecular complexity index is 415. The third-order valence-corrected chi connectivity index (χ3v) is 4.63. The third kappa shape index (κ3) is 3.24. The summed E-state index contributed by atoms with van der Waals surface area (Å²) in [7, 11) is 1.75. The topological polar surface area (TPSA) is 21.3 Å². The van der Waals surface area contributed by atoms with Crippen molar-refractivity contribution in [2.24, 2.45) is 5.92 Å². The Labute approximate surface area is 122 Å². The highest BCUT2D eigenvalue weighted by Crippen LogP contribution is 2.40. The second kappa shape index (κ2) is 6.62. The normalized spacial score (nSPS) is 22.7. The number of halogens is 1. The molecule has 0 spiro atoms. The van der Waals surface area contributed by atoms with E-state index in [1.807, 2.05) is 0 Å². The van der Waals surface area contributed by atoms with E-state index in [9.17, 15) is 0 Å². The molecule has 106 valence electrons. The van der Waals surface area contributed by atoms with Crippen LogP contribution in [0.15, 0.2) is 18.2 Å². The molecule has 0 saturated carbocycles. The van der Waals surface area contributed by atoms with Gasteiger partial charge in [-0.25, -0.2) is 0 Å². The number of nitrogens with one attached hydrogen (secondary N) is 1. The van der Waals surface area contributed by atoms with E-state index in [1.54, 1.807) is 12.7 Å². The molecule has 0 radical (unpaired) electrons.